The minimum Gasteiger partial charge on any atom is -0.497 e. The SMILES string of the molecule is COc1ccc(Cn2c(=O)c3cccnc3n(CC(=O)Nc3ccc(C)c(F)c3)c2=O)cc1. The maximum Gasteiger partial charge on any atom is 0.333 e. The van der Waals surface area contributed by atoms with Crippen LogP contribution in [0.15, 0.2) is 70.4 Å². The number of hydrogen-bond donors (Lipinski definition) is 1. The van der Waals surface area contributed by atoms with Gasteiger partial charge in [-0.15, -0.1) is 0 Å². The number of anilines is 1. The van der Waals surface area contributed by atoms with Crippen molar-refractivity contribution < 1.29 is 13.9 Å². The Kier molecular flexibility index (Phi) is 6.03. The Labute approximate surface area is 187 Å². The number of aromatic nitrogens is 3. The maximum absolute atomic E-state index is 13.8. The Bertz CT molecular complexity index is 1460. The topological polar surface area (TPSA) is 95.2 Å². The van der Waals surface area contributed by atoms with Gasteiger partial charge in [0.05, 0.1) is 19.0 Å². The zero-order chi connectivity index (χ0) is 23.5. The van der Waals surface area contributed by atoms with Gasteiger partial charge in [-0.2, -0.15) is 0 Å². The number of methoxy groups -OCH3 is 1. The number of benzene rings is 2. The van der Waals surface area contributed by atoms with Crippen LogP contribution in [0.25, 0.3) is 11.0 Å². The minimum atomic E-state index is -0.674. The molecule has 4 aromatic rings. The van der Waals surface area contributed by atoms with Gasteiger partial charge in [0, 0.05) is 11.9 Å². The van der Waals surface area contributed by atoms with E-state index in [4.69, 9.17) is 4.74 Å². The third kappa shape index (κ3) is 4.52. The molecule has 0 atom stereocenters. The summed E-state index contributed by atoms with van der Waals surface area (Å²) in [6.45, 7) is 1.23. The molecule has 1 N–H and O–H groups in total. The zero-order valence-corrected chi connectivity index (χ0v) is 18.0. The van der Waals surface area contributed by atoms with Crippen molar-refractivity contribution in [3.05, 3.63) is 98.6 Å². The average Bonchev–Trinajstić information content (AvgIpc) is 2.82. The fourth-order valence-corrected chi connectivity index (χ4v) is 3.46. The van der Waals surface area contributed by atoms with Crippen LogP contribution in [0.5, 0.6) is 5.75 Å². The molecular formula is C24H21FN4O4. The molecule has 0 fully saturated rings. The molecule has 0 aliphatic rings. The number of aryl methyl sites for hydroxylation is 1. The van der Waals surface area contributed by atoms with E-state index >= 15 is 0 Å². The van der Waals surface area contributed by atoms with Gasteiger partial charge in [-0.3, -0.25) is 18.7 Å². The lowest BCUT2D eigenvalue weighted by Gasteiger charge is -2.14. The van der Waals surface area contributed by atoms with Crippen molar-refractivity contribution in [2.75, 3.05) is 12.4 Å². The number of ether oxygens (including phenoxy) is 1. The summed E-state index contributed by atoms with van der Waals surface area (Å²) in [4.78, 5) is 43.1. The predicted octanol–water partition coefficient (Wildman–Crippen LogP) is 2.70. The number of nitrogens with one attached hydrogen (secondary N) is 1. The van der Waals surface area contributed by atoms with E-state index in [1.54, 1.807) is 62.6 Å². The molecule has 0 saturated carbocycles. The van der Waals surface area contributed by atoms with E-state index in [0.29, 0.717) is 16.9 Å². The van der Waals surface area contributed by atoms with Gasteiger partial charge in [-0.05, 0) is 54.4 Å². The van der Waals surface area contributed by atoms with E-state index in [1.165, 1.54) is 12.3 Å². The number of fused-ring (bicyclic) bond motifs is 1. The van der Waals surface area contributed by atoms with E-state index in [1.807, 2.05) is 0 Å². The molecule has 1 amide bonds. The van der Waals surface area contributed by atoms with Crippen LogP contribution >= 0.6 is 0 Å². The van der Waals surface area contributed by atoms with Gasteiger partial charge in [-0.1, -0.05) is 18.2 Å². The molecule has 0 radical (unpaired) electrons. The summed E-state index contributed by atoms with van der Waals surface area (Å²) in [5.41, 5.74) is 0.349. The maximum atomic E-state index is 13.8. The summed E-state index contributed by atoms with van der Waals surface area (Å²) in [6, 6.07) is 14.4. The highest BCUT2D eigenvalue weighted by Crippen LogP contribution is 2.14. The molecule has 8 nitrogen and oxygen atoms in total. The third-order valence-corrected chi connectivity index (χ3v) is 5.24. The van der Waals surface area contributed by atoms with Crippen molar-refractivity contribution in [3.63, 3.8) is 0 Å². The van der Waals surface area contributed by atoms with Crippen LogP contribution < -0.4 is 21.3 Å². The van der Waals surface area contributed by atoms with E-state index in [2.05, 4.69) is 10.3 Å². The fraction of sp³-hybridized carbons (Fsp3) is 0.167. The Morgan fingerprint density at radius 3 is 2.55 bits per heavy atom. The van der Waals surface area contributed by atoms with Crippen LogP contribution in [-0.2, 0) is 17.9 Å². The van der Waals surface area contributed by atoms with Gasteiger partial charge >= 0.3 is 5.69 Å². The van der Waals surface area contributed by atoms with Crippen LogP contribution in [0, 0.1) is 12.7 Å². The monoisotopic (exact) mass is 448 g/mol. The van der Waals surface area contributed by atoms with Gasteiger partial charge in [0.1, 0.15) is 23.8 Å². The lowest BCUT2D eigenvalue weighted by Crippen LogP contribution is -2.42. The fourth-order valence-electron chi connectivity index (χ4n) is 3.46. The summed E-state index contributed by atoms with van der Waals surface area (Å²) in [5.74, 6) is -0.359. The number of halogens is 1. The van der Waals surface area contributed by atoms with Crippen LogP contribution in [0.1, 0.15) is 11.1 Å². The summed E-state index contributed by atoms with van der Waals surface area (Å²) in [5, 5.41) is 2.79. The van der Waals surface area contributed by atoms with Crippen molar-refractivity contribution in [1.82, 2.24) is 14.1 Å². The quantitative estimate of drug-likeness (QED) is 0.489. The first-order chi connectivity index (χ1) is 15.9. The van der Waals surface area contributed by atoms with Gasteiger partial charge in [-0.25, -0.2) is 14.2 Å². The van der Waals surface area contributed by atoms with Gasteiger partial charge < -0.3 is 10.1 Å². The zero-order valence-electron chi connectivity index (χ0n) is 18.0. The standard InChI is InChI=1S/C24H21FN4O4/c1-15-5-8-17(12-20(15)25)27-21(30)14-28-22-19(4-3-11-26-22)23(31)29(24(28)32)13-16-6-9-18(33-2)10-7-16/h3-12H,13-14H2,1-2H3,(H,27,30). The molecule has 0 spiro atoms. The van der Waals surface area contributed by atoms with E-state index in [9.17, 15) is 18.8 Å². The van der Waals surface area contributed by atoms with Crippen LogP contribution in [0.4, 0.5) is 10.1 Å². The molecule has 2 heterocycles. The Balaban J connectivity index is 1.72. The Morgan fingerprint density at radius 1 is 1.09 bits per heavy atom. The number of nitrogens with zero attached hydrogens (tertiary/aromatic N) is 3. The van der Waals surface area contributed by atoms with E-state index in [-0.39, 0.29) is 23.3 Å². The molecule has 0 bridgehead atoms. The molecule has 0 aliphatic carbocycles. The highest BCUT2D eigenvalue weighted by Gasteiger charge is 2.17. The van der Waals surface area contributed by atoms with Crippen molar-refractivity contribution in [1.29, 1.82) is 0 Å². The molecule has 4 rings (SSSR count). The summed E-state index contributed by atoms with van der Waals surface area (Å²) in [6.07, 6.45) is 1.44. The first-order valence-corrected chi connectivity index (χ1v) is 10.1. The number of carbonyl (C=O) groups excluding carboxylic acids is 1. The largest absolute Gasteiger partial charge is 0.497 e. The minimum absolute atomic E-state index is 0.0112. The molecule has 2 aromatic heterocycles. The van der Waals surface area contributed by atoms with Crippen molar-refractivity contribution in [2.45, 2.75) is 20.0 Å². The molecule has 2 aromatic carbocycles. The molecule has 9 heteroatoms. The second-order valence-corrected chi connectivity index (χ2v) is 7.49. The van der Waals surface area contributed by atoms with Gasteiger partial charge in [0.25, 0.3) is 5.56 Å². The molecule has 168 valence electrons. The summed E-state index contributed by atoms with van der Waals surface area (Å²) in [7, 11) is 1.55. The predicted molar refractivity (Wildman–Crippen MR) is 122 cm³/mol. The van der Waals surface area contributed by atoms with Gasteiger partial charge in [0.15, 0.2) is 0 Å². The number of hydrogen-bond acceptors (Lipinski definition) is 5. The van der Waals surface area contributed by atoms with Crippen LogP contribution in [-0.4, -0.2) is 27.1 Å². The van der Waals surface area contributed by atoms with Crippen molar-refractivity contribution in [3.8, 4) is 5.75 Å². The molecule has 0 unspecified atom stereocenters. The van der Waals surface area contributed by atoms with E-state index < -0.39 is 29.5 Å². The summed E-state index contributed by atoms with van der Waals surface area (Å²) >= 11 is 0. The molecule has 0 aliphatic heterocycles. The number of rotatable bonds is 6. The van der Waals surface area contributed by atoms with Crippen LogP contribution in [0.3, 0.4) is 0 Å². The highest BCUT2D eigenvalue weighted by molar-refractivity contribution is 5.91. The first-order valence-electron chi connectivity index (χ1n) is 10.1. The Morgan fingerprint density at radius 2 is 1.85 bits per heavy atom. The lowest BCUT2D eigenvalue weighted by atomic mass is 10.2. The first kappa shape index (κ1) is 21.9. The second kappa shape index (κ2) is 9.07. The molecule has 0 saturated heterocycles. The number of pyridine rings is 1. The lowest BCUT2D eigenvalue weighted by molar-refractivity contribution is -0.116. The third-order valence-electron chi connectivity index (χ3n) is 5.24. The summed E-state index contributed by atoms with van der Waals surface area (Å²) < 4.78 is 21.2. The molecular weight excluding hydrogens is 427 g/mol. The van der Waals surface area contributed by atoms with Gasteiger partial charge in [0.2, 0.25) is 5.91 Å². The molecule has 33 heavy (non-hydrogen) atoms. The highest BCUT2D eigenvalue weighted by atomic mass is 19.1. The van der Waals surface area contributed by atoms with Crippen molar-refractivity contribution in [2.24, 2.45) is 0 Å². The smallest absolute Gasteiger partial charge is 0.333 e. The average molecular weight is 448 g/mol. The number of carbonyl (C=O) groups is 1. The second-order valence-electron chi connectivity index (χ2n) is 7.49. The van der Waals surface area contributed by atoms with Crippen molar-refractivity contribution >= 4 is 22.6 Å². The van der Waals surface area contributed by atoms with Crippen LogP contribution in [0.2, 0.25) is 0 Å². The Hall–Kier alpha value is -4.27. The normalized spacial score (nSPS) is 10.9. The number of amides is 1. The van der Waals surface area contributed by atoms with E-state index in [0.717, 1.165) is 9.13 Å².